The average molecular weight is 464 g/mol. The maximum absolute atomic E-state index is 13.1. The highest BCUT2D eigenvalue weighted by Crippen LogP contribution is 2.27. The van der Waals surface area contributed by atoms with E-state index in [-0.39, 0.29) is 29.9 Å². The molecule has 2 aromatic carbocycles. The maximum Gasteiger partial charge on any atom is 0.322 e. The van der Waals surface area contributed by atoms with E-state index in [9.17, 15) is 9.59 Å². The molecule has 2 N–H and O–H groups in total. The summed E-state index contributed by atoms with van der Waals surface area (Å²) in [7, 11) is 1.54. The fourth-order valence-corrected chi connectivity index (χ4v) is 3.36. The van der Waals surface area contributed by atoms with Gasteiger partial charge in [-0.2, -0.15) is 5.10 Å². The molecule has 34 heavy (non-hydrogen) atoms. The number of nitrogens with one attached hydrogen (secondary N) is 2. The summed E-state index contributed by atoms with van der Waals surface area (Å²) in [5.74, 6) is 0.780. The molecule has 1 aromatic heterocycles. The van der Waals surface area contributed by atoms with E-state index >= 15 is 0 Å². The van der Waals surface area contributed by atoms with Gasteiger partial charge in [0.05, 0.1) is 24.2 Å². The van der Waals surface area contributed by atoms with Crippen LogP contribution in [0.2, 0.25) is 0 Å². The second kappa shape index (κ2) is 10.4. The Morgan fingerprint density at radius 1 is 1.03 bits per heavy atom. The minimum atomic E-state index is -0.387. The Hall–Kier alpha value is -3.81. The topological polar surface area (TPSA) is 88.5 Å². The number of aromatic nitrogens is 2. The van der Waals surface area contributed by atoms with Gasteiger partial charge in [0, 0.05) is 17.5 Å². The smallest absolute Gasteiger partial charge is 0.322 e. The van der Waals surface area contributed by atoms with Crippen LogP contribution in [0, 0.1) is 0 Å². The number of rotatable bonds is 7. The Morgan fingerprint density at radius 3 is 2.29 bits per heavy atom. The zero-order valence-corrected chi connectivity index (χ0v) is 20.6. The van der Waals surface area contributed by atoms with Crippen LogP contribution in [0.3, 0.4) is 0 Å². The second-order valence-corrected chi connectivity index (χ2v) is 9.31. The minimum Gasteiger partial charge on any atom is -0.495 e. The third kappa shape index (κ3) is 5.95. The standard InChI is InChI=1S/C26H33N5O3/c1-18(2)30(25(33)27-20-14-10-11-15-21(20)34-6)17-24(32)28-23-16-22(26(3,4)5)29-31(23)19-12-8-7-9-13-19/h7-16,18H,17H2,1-6H3,(H,27,33)(H,28,32). The van der Waals surface area contributed by atoms with E-state index < -0.39 is 0 Å². The molecule has 0 aliphatic carbocycles. The summed E-state index contributed by atoms with van der Waals surface area (Å²) in [5, 5.41) is 10.5. The number of para-hydroxylation sites is 3. The predicted octanol–water partition coefficient (Wildman–Crippen LogP) is 5.06. The molecule has 180 valence electrons. The van der Waals surface area contributed by atoms with Gasteiger partial charge in [-0.3, -0.25) is 4.79 Å². The van der Waals surface area contributed by atoms with Gasteiger partial charge in [0.1, 0.15) is 18.1 Å². The predicted molar refractivity (Wildman–Crippen MR) is 135 cm³/mol. The number of carbonyl (C=O) groups is 2. The number of benzene rings is 2. The first-order valence-corrected chi connectivity index (χ1v) is 11.3. The van der Waals surface area contributed by atoms with Gasteiger partial charge in [-0.25, -0.2) is 9.48 Å². The Kier molecular flexibility index (Phi) is 7.61. The van der Waals surface area contributed by atoms with Gasteiger partial charge in [-0.15, -0.1) is 0 Å². The molecule has 8 heteroatoms. The zero-order chi connectivity index (χ0) is 24.9. The molecule has 0 aliphatic heterocycles. The highest BCUT2D eigenvalue weighted by atomic mass is 16.5. The van der Waals surface area contributed by atoms with E-state index in [1.807, 2.05) is 62.4 Å². The van der Waals surface area contributed by atoms with Crippen molar-refractivity contribution in [1.29, 1.82) is 0 Å². The molecule has 0 unspecified atom stereocenters. The lowest BCUT2D eigenvalue weighted by Gasteiger charge is -2.26. The normalized spacial score (nSPS) is 11.3. The van der Waals surface area contributed by atoms with Crippen molar-refractivity contribution >= 4 is 23.4 Å². The molecule has 0 fully saturated rings. The highest BCUT2D eigenvalue weighted by molar-refractivity contribution is 5.97. The Morgan fingerprint density at radius 2 is 1.68 bits per heavy atom. The van der Waals surface area contributed by atoms with Gasteiger partial charge in [0.2, 0.25) is 5.91 Å². The van der Waals surface area contributed by atoms with Crippen LogP contribution in [0.15, 0.2) is 60.7 Å². The first-order valence-electron chi connectivity index (χ1n) is 11.3. The fourth-order valence-electron chi connectivity index (χ4n) is 3.36. The van der Waals surface area contributed by atoms with Crippen LogP contribution in [0.1, 0.15) is 40.3 Å². The van der Waals surface area contributed by atoms with Crippen LogP contribution < -0.4 is 15.4 Å². The lowest BCUT2D eigenvalue weighted by Crippen LogP contribution is -2.44. The number of amides is 3. The summed E-state index contributed by atoms with van der Waals surface area (Å²) in [4.78, 5) is 27.5. The molecule has 0 atom stereocenters. The summed E-state index contributed by atoms with van der Waals surface area (Å²) in [6.45, 7) is 9.81. The fraction of sp³-hybridized carbons (Fsp3) is 0.346. The van der Waals surface area contributed by atoms with Crippen LogP contribution in [0.5, 0.6) is 5.75 Å². The summed E-state index contributed by atoms with van der Waals surface area (Å²) in [6.07, 6.45) is 0. The molecule has 3 amide bonds. The lowest BCUT2D eigenvalue weighted by molar-refractivity contribution is -0.117. The molecule has 3 rings (SSSR count). The molecule has 1 heterocycles. The number of hydrogen-bond acceptors (Lipinski definition) is 4. The summed E-state index contributed by atoms with van der Waals surface area (Å²) in [5.41, 5.74) is 2.03. The van der Waals surface area contributed by atoms with Gasteiger partial charge in [0.15, 0.2) is 0 Å². The number of ether oxygens (including phenoxy) is 1. The molecule has 3 aromatic rings. The average Bonchev–Trinajstić information content (AvgIpc) is 3.22. The summed E-state index contributed by atoms with van der Waals surface area (Å²) in [6, 6.07) is 18.0. The van der Waals surface area contributed by atoms with Gasteiger partial charge in [-0.1, -0.05) is 51.1 Å². The van der Waals surface area contributed by atoms with Crippen molar-refractivity contribution < 1.29 is 14.3 Å². The van der Waals surface area contributed by atoms with Gasteiger partial charge >= 0.3 is 6.03 Å². The van der Waals surface area contributed by atoms with Crippen LogP contribution >= 0.6 is 0 Å². The van der Waals surface area contributed by atoms with E-state index in [2.05, 4.69) is 31.4 Å². The number of hydrogen-bond donors (Lipinski definition) is 2. The van der Waals surface area contributed by atoms with Crippen molar-refractivity contribution in [3.63, 3.8) is 0 Å². The van der Waals surface area contributed by atoms with E-state index in [0.29, 0.717) is 17.3 Å². The number of methoxy groups -OCH3 is 1. The molecule has 0 aliphatic rings. The minimum absolute atomic E-state index is 0.122. The van der Waals surface area contributed by atoms with E-state index in [1.54, 1.807) is 23.9 Å². The molecular weight excluding hydrogens is 430 g/mol. The molecular formula is C26H33N5O3. The molecule has 0 bridgehead atoms. The first kappa shape index (κ1) is 24.8. The Labute approximate surface area is 200 Å². The number of carbonyl (C=O) groups excluding carboxylic acids is 2. The summed E-state index contributed by atoms with van der Waals surface area (Å²) >= 11 is 0. The van der Waals surface area contributed by atoms with Gasteiger partial charge in [0.25, 0.3) is 0 Å². The SMILES string of the molecule is COc1ccccc1NC(=O)N(CC(=O)Nc1cc(C(C)(C)C)nn1-c1ccccc1)C(C)C. The Balaban J connectivity index is 1.80. The quantitative estimate of drug-likeness (QED) is 0.513. The number of nitrogens with zero attached hydrogens (tertiary/aromatic N) is 3. The van der Waals surface area contributed by atoms with Crippen LogP contribution in [-0.2, 0) is 10.2 Å². The van der Waals surface area contributed by atoms with E-state index in [1.165, 1.54) is 4.90 Å². The third-order valence-electron chi connectivity index (χ3n) is 5.29. The van der Waals surface area contributed by atoms with Gasteiger partial charge < -0.3 is 20.3 Å². The van der Waals surface area contributed by atoms with Crippen molar-refractivity contribution in [2.75, 3.05) is 24.3 Å². The Bertz CT molecular complexity index is 1130. The monoisotopic (exact) mass is 463 g/mol. The first-order chi connectivity index (χ1) is 16.1. The second-order valence-electron chi connectivity index (χ2n) is 9.31. The highest BCUT2D eigenvalue weighted by Gasteiger charge is 2.24. The molecule has 0 spiro atoms. The van der Waals surface area contributed by atoms with Crippen LogP contribution in [0.4, 0.5) is 16.3 Å². The van der Waals surface area contributed by atoms with E-state index in [0.717, 1.165) is 11.4 Å². The molecule has 0 saturated carbocycles. The molecule has 0 radical (unpaired) electrons. The van der Waals surface area contributed by atoms with Crippen LogP contribution in [-0.4, -0.2) is 46.3 Å². The van der Waals surface area contributed by atoms with Crippen molar-refractivity contribution in [2.24, 2.45) is 0 Å². The maximum atomic E-state index is 13.1. The molecule has 0 saturated heterocycles. The van der Waals surface area contributed by atoms with Crippen LogP contribution in [0.25, 0.3) is 5.69 Å². The number of anilines is 2. The summed E-state index contributed by atoms with van der Waals surface area (Å²) < 4.78 is 7.02. The number of urea groups is 1. The lowest BCUT2D eigenvalue weighted by atomic mass is 9.92. The van der Waals surface area contributed by atoms with Crippen molar-refractivity contribution in [3.8, 4) is 11.4 Å². The van der Waals surface area contributed by atoms with Crippen molar-refractivity contribution in [2.45, 2.75) is 46.1 Å². The van der Waals surface area contributed by atoms with Gasteiger partial charge in [-0.05, 0) is 38.1 Å². The van der Waals surface area contributed by atoms with Crippen molar-refractivity contribution in [1.82, 2.24) is 14.7 Å². The van der Waals surface area contributed by atoms with Crippen molar-refractivity contribution in [3.05, 3.63) is 66.4 Å². The zero-order valence-electron chi connectivity index (χ0n) is 20.6. The largest absolute Gasteiger partial charge is 0.495 e. The molecule has 8 nitrogen and oxygen atoms in total. The van der Waals surface area contributed by atoms with E-state index in [4.69, 9.17) is 9.84 Å². The third-order valence-corrected chi connectivity index (χ3v) is 5.29.